The van der Waals surface area contributed by atoms with Crippen LogP contribution in [-0.4, -0.2) is 12.6 Å². The van der Waals surface area contributed by atoms with Crippen molar-refractivity contribution >= 4 is 5.97 Å². The van der Waals surface area contributed by atoms with Gasteiger partial charge in [-0.25, -0.2) is 4.79 Å². The van der Waals surface area contributed by atoms with Crippen LogP contribution in [0.5, 0.6) is 0 Å². The van der Waals surface area contributed by atoms with Crippen molar-refractivity contribution in [3.63, 3.8) is 0 Å². The van der Waals surface area contributed by atoms with E-state index in [1.807, 2.05) is 13.8 Å². The zero-order valence-electron chi connectivity index (χ0n) is 11.9. The van der Waals surface area contributed by atoms with Crippen LogP contribution in [0.3, 0.4) is 0 Å². The summed E-state index contributed by atoms with van der Waals surface area (Å²) >= 11 is 0. The molecule has 1 aliphatic rings. The Bertz CT molecular complexity index is 297. The largest absolute Gasteiger partial charge is 0.463 e. The minimum absolute atomic E-state index is 0.128. The van der Waals surface area contributed by atoms with Crippen LogP contribution in [-0.2, 0) is 9.53 Å². The zero-order chi connectivity index (χ0) is 13.1. The van der Waals surface area contributed by atoms with Gasteiger partial charge in [0.05, 0.1) is 6.61 Å². The van der Waals surface area contributed by atoms with E-state index in [2.05, 4.69) is 20.8 Å². The summed E-state index contributed by atoms with van der Waals surface area (Å²) in [7, 11) is 0. The highest BCUT2D eigenvalue weighted by Crippen LogP contribution is 2.40. The van der Waals surface area contributed by atoms with E-state index in [9.17, 15) is 4.79 Å². The van der Waals surface area contributed by atoms with Crippen LogP contribution in [0.4, 0.5) is 0 Å². The van der Waals surface area contributed by atoms with E-state index < -0.39 is 0 Å². The molecule has 0 heterocycles. The third-order valence-electron chi connectivity index (χ3n) is 3.93. The molecule has 0 aliphatic heterocycles. The molecule has 1 aliphatic carbocycles. The average Bonchev–Trinajstić information content (AvgIpc) is 2.27. The molecule has 0 unspecified atom stereocenters. The maximum Gasteiger partial charge on any atom is 0.333 e. The molecule has 2 heteroatoms. The van der Waals surface area contributed by atoms with Gasteiger partial charge in [0.1, 0.15) is 0 Å². The monoisotopic (exact) mass is 238 g/mol. The Labute approximate surface area is 105 Å². The van der Waals surface area contributed by atoms with E-state index in [1.165, 1.54) is 18.4 Å². The molecule has 98 valence electrons. The van der Waals surface area contributed by atoms with Gasteiger partial charge in [0.15, 0.2) is 0 Å². The van der Waals surface area contributed by atoms with Crippen molar-refractivity contribution in [3.8, 4) is 0 Å². The minimum Gasteiger partial charge on any atom is -0.463 e. The topological polar surface area (TPSA) is 26.3 Å². The van der Waals surface area contributed by atoms with Gasteiger partial charge in [-0.2, -0.15) is 0 Å². The number of hydrogen-bond donors (Lipinski definition) is 0. The molecule has 0 radical (unpaired) electrons. The Hall–Kier alpha value is -0.790. The lowest BCUT2D eigenvalue weighted by Gasteiger charge is -2.35. The molecule has 1 saturated carbocycles. The van der Waals surface area contributed by atoms with Crippen LogP contribution in [0.15, 0.2) is 11.1 Å². The van der Waals surface area contributed by atoms with Gasteiger partial charge in [-0.1, -0.05) is 26.3 Å². The molecule has 0 spiro atoms. The van der Waals surface area contributed by atoms with Gasteiger partial charge in [-0.15, -0.1) is 0 Å². The molecule has 17 heavy (non-hydrogen) atoms. The predicted octanol–water partition coefficient (Wildman–Crippen LogP) is 4.10. The Morgan fingerprint density at radius 2 is 1.82 bits per heavy atom. The predicted molar refractivity (Wildman–Crippen MR) is 70.7 cm³/mol. The van der Waals surface area contributed by atoms with Gasteiger partial charge >= 0.3 is 5.97 Å². The Morgan fingerprint density at radius 3 is 2.24 bits per heavy atom. The molecule has 0 amide bonds. The molecule has 0 N–H and O–H groups in total. The summed E-state index contributed by atoms with van der Waals surface area (Å²) < 4.78 is 5.05. The zero-order valence-corrected chi connectivity index (χ0v) is 11.9. The molecule has 2 nitrogen and oxygen atoms in total. The maximum absolute atomic E-state index is 11.6. The molecule has 0 saturated heterocycles. The molecule has 1 rings (SSSR count). The van der Waals surface area contributed by atoms with Crippen molar-refractivity contribution in [1.29, 1.82) is 0 Å². The number of carbonyl (C=O) groups excluding carboxylic acids is 1. The lowest BCUT2D eigenvalue weighted by Crippen LogP contribution is -2.24. The summed E-state index contributed by atoms with van der Waals surface area (Å²) in [6.07, 6.45) is 4.53. The Balaban J connectivity index is 2.62. The summed E-state index contributed by atoms with van der Waals surface area (Å²) in [6, 6.07) is 0. The molecule has 0 aromatic rings. The van der Waals surface area contributed by atoms with Gasteiger partial charge in [0.2, 0.25) is 0 Å². The van der Waals surface area contributed by atoms with Crippen LogP contribution in [0.2, 0.25) is 0 Å². The van der Waals surface area contributed by atoms with Crippen molar-refractivity contribution in [2.75, 3.05) is 6.61 Å². The maximum atomic E-state index is 11.6. The van der Waals surface area contributed by atoms with Gasteiger partial charge in [0.25, 0.3) is 0 Å². The fourth-order valence-corrected chi connectivity index (χ4v) is 2.59. The first kappa shape index (κ1) is 14.3. The van der Waals surface area contributed by atoms with E-state index >= 15 is 0 Å². The highest BCUT2D eigenvalue weighted by atomic mass is 16.5. The van der Waals surface area contributed by atoms with E-state index in [-0.39, 0.29) is 5.97 Å². The first-order valence-electron chi connectivity index (χ1n) is 6.72. The van der Waals surface area contributed by atoms with Crippen LogP contribution in [0, 0.1) is 11.3 Å². The Kier molecular flexibility index (Phi) is 4.79. The van der Waals surface area contributed by atoms with Crippen LogP contribution >= 0.6 is 0 Å². The van der Waals surface area contributed by atoms with Crippen molar-refractivity contribution in [1.82, 2.24) is 0 Å². The summed E-state index contributed by atoms with van der Waals surface area (Å²) in [5, 5.41) is 0. The smallest absolute Gasteiger partial charge is 0.333 e. The number of hydrogen-bond acceptors (Lipinski definition) is 2. The van der Waals surface area contributed by atoms with E-state index in [4.69, 9.17) is 4.74 Å². The number of allylic oxidation sites excluding steroid dienone is 1. The third-order valence-corrected chi connectivity index (χ3v) is 3.93. The first-order valence-corrected chi connectivity index (χ1v) is 6.72. The Morgan fingerprint density at radius 1 is 1.29 bits per heavy atom. The molecular formula is C15H26O2. The van der Waals surface area contributed by atoms with Crippen molar-refractivity contribution in [3.05, 3.63) is 11.1 Å². The summed E-state index contributed by atoms with van der Waals surface area (Å²) in [5.74, 6) is 0.651. The first-order chi connectivity index (χ1) is 7.86. The second-order valence-corrected chi connectivity index (χ2v) is 6.09. The SMILES string of the molecule is CCOC(=O)C(C)=C1CCC(C(C)(C)C)CC1. The molecule has 0 aromatic heterocycles. The van der Waals surface area contributed by atoms with Crippen LogP contribution in [0.25, 0.3) is 0 Å². The number of ether oxygens (including phenoxy) is 1. The number of esters is 1. The minimum atomic E-state index is -0.128. The van der Waals surface area contributed by atoms with Gasteiger partial charge < -0.3 is 4.74 Å². The summed E-state index contributed by atoms with van der Waals surface area (Å²) in [6.45, 7) is 11.2. The number of carbonyl (C=O) groups is 1. The third kappa shape index (κ3) is 3.86. The second-order valence-electron chi connectivity index (χ2n) is 6.09. The van der Waals surface area contributed by atoms with Gasteiger partial charge in [-0.05, 0) is 50.9 Å². The number of rotatable bonds is 2. The van der Waals surface area contributed by atoms with Gasteiger partial charge in [0, 0.05) is 5.57 Å². The normalized spacial score (nSPS) is 21.2. The van der Waals surface area contributed by atoms with Crippen molar-refractivity contribution in [2.24, 2.45) is 11.3 Å². The van der Waals surface area contributed by atoms with E-state index in [0.29, 0.717) is 12.0 Å². The fraction of sp³-hybridized carbons (Fsp3) is 0.800. The highest BCUT2D eigenvalue weighted by Gasteiger charge is 2.28. The molecule has 0 aromatic carbocycles. The summed E-state index contributed by atoms with van der Waals surface area (Å²) in [5.41, 5.74) is 2.55. The lowest BCUT2D eigenvalue weighted by atomic mass is 9.71. The van der Waals surface area contributed by atoms with Crippen molar-refractivity contribution < 1.29 is 9.53 Å². The molecular weight excluding hydrogens is 212 g/mol. The van der Waals surface area contributed by atoms with Gasteiger partial charge in [-0.3, -0.25) is 0 Å². The summed E-state index contributed by atoms with van der Waals surface area (Å²) in [4.78, 5) is 11.6. The van der Waals surface area contributed by atoms with Crippen LogP contribution < -0.4 is 0 Å². The average molecular weight is 238 g/mol. The molecule has 0 atom stereocenters. The quantitative estimate of drug-likeness (QED) is 0.534. The fourth-order valence-electron chi connectivity index (χ4n) is 2.59. The standard InChI is InChI=1S/C15H26O2/c1-6-17-14(16)11(2)12-7-9-13(10-8-12)15(3,4)5/h13H,6-10H2,1-5H3. The lowest BCUT2D eigenvalue weighted by molar-refractivity contribution is -0.138. The second kappa shape index (κ2) is 5.70. The van der Waals surface area contributed by atoms with E-state index in [0.717, 1.165) is 24.3 Å². The van der Waals surface area contributed by atoms with E-state index in [1.54, 1.807) is 0 Å². The highest BCUT2D eigenvalue weighted by molar-refractivity contribution is 5.88. The van der Waals surface area contributed by atoms with Crippen molar-refractivity contribution in [2.45, 2.75) is 60.3 Å². The van der Waals surface area contributed by atoms with Crippen LogP contribution in [0.1, 0.15) is 60.3 Å². The molecule has 1 fully saturated rings. The molecule has 0 bridgehead atoms.